The Hall–Kier alpha value is -1.05. The van der Waals surface area contributed by atoms with Gasteiger partial charge in [-0.2, -0.15) is 0 Å². The summed E-state index contributed by atoms with van der Waals surface area (Å²) in [5, 5.41) is 12.2. The summed E-state index contributed by atoms with van der Waals surface area (Å²) in [5.74, 6) is -0.145. The van der Waals surface area contributed by atoms with Gasteiger partial charge >= 0.3 is 0 Å². The summed E-state index contributed by atoms with van der Waals surface area (Å²) < 4.78 is 5.06. The Morgan fingerprint density at radius 1 is 1.47 bits per heavy atom. The van der Waals surface area contributed by atoms with Crippen molar-refractivity contribution < 1.29 is 9.53 Å². The molecule has 0 aromatic carbocycles. The first-order valence-electron chi connectivity index (χ1n) is 6.54. The van der Waals surface area contributed by atoms with E-state index in [2.05, 4.69) is 22.4 Å². The first kappa shape index (κ1) is 16.0. The Balaban J connectivity index is 2.38. The number of unbranched alkanes of at least 4 members (excludes halogenated alkanes) is 2. The van der Waals surface area contributed by atoms with Crippen molar-refractivity contribution in [3.05, 3.63) is 5.01 Å². The lowest BCUT2D eigenvalue weighted by atomic mass is 10.2. The number of amides is 1. The zero-order chi connectivity index (χ0) is 14.1. The molecule has 1 unspecified atom stereocenters. The Bertz CT molecular complexity index is 380. The summed E-state index contributed by atoms with van der Waals surface area (Å²) in [4.78, 5) is 11.7. The number of carbonyl (C=O) groups is 1. The first-order valence-corrected chi connectivity index (χ1v) is 7.36. The van der Waals surface area contributed by atoms with Gasteiger partial charge in [-0.3, -0.25) is 4.79 Å². The van der Waals surface area contributed by atoms with Crippen molar-refractivity contribution in [3.8, 4) is 0 Å². The fourth-order valence-electron chi connectivity index (χ4n) is 1.57. The number of hydrogen-bond acceptors (Lipinski definition) is 6. The van der Waals surface area contributed by atoms with Gasteiger partial charge in [0.2, 0.25) is 11.0 Å². The smallest absolute Gasteiger partial charge is 0.228 e. The van der Waals surface area contributed by atoms with Crippen molar-refractivity contribution in [3.63, 3.8) is 0 Å². The van der Waals surface area contributed by atoms with Crippen LogP contribution in [0.15, 0.2) is 0 Å². The monoisotopic (exact) mass is 286 g/mol. The molecule has 6 nitrogen and oxygen atoms in total. The Morgan fingerprint density at radius 2 is 2.26 bits per heavy atom. The number of rotatable bonds is 9. The van der Waals surface area contributed by atoms with Crippen molar-refractivity contribution in [2.45, 2.75) is 45.1 Å². The number of aryl methyl sites for hydroxylation is 1. The molecule has 0 aliphatic carbocycles. The molecule has 1 rings (SSSR count). The second kappa shape index (κ2) is 8.95. The number of nitrogens with zero attached hydrogens (tertiary/aromatic N) is 2. The van der Waals surface area contributed by atoms with Gasteiger partial charge in [0.15, 0.2) is 0 Å². The highest BCUT2D eigenvalue weighted by Crippen LogP contribution is 2.17. The second-order valence-electron chi connectivity index (χ2n) is 4.30. The molecule has 0 spiro atoms. The van der Waals surface area contributed by atoms with Gasteiger partial charge in [-0.1, -0.05) is 31.1 Å². The maximum absolute atomic E-state index is 11.7. The van der Waals surface area contributed by atoms with Gasteiger partial charge in [0, 0.05) is 20.1 Å². The van der Waals surface area contributed by atoms with Crippen molar-refractivity contribution in [2.75, 3.05) is 19.0 Å². The number of methoxy groups -OCH3 is 1. The van der Waals surface area contributed by atoms with Crippen LogP contribution >= 0.6 is 11.3 Å². The molecule has 0 fully saturated rings. The molecule has 1 amide bonds. The molecule has 1 aromatic heterocycles. The SMILES string of the molecule is CCCCCc1nnc(NC(=O)CC(CN)OC)s1. The van der Waals surface area contributed by atoms with Crippen molar-refractivity contribution in [1.29, 1.82) is 0 Å². The predicted octanol–water partition coefficient (Wildman–Crippen LogP) is 1.57. The Morgan fingerprint density at radius 3 is 2.89 bits per heavy atom. The fraction of sp³-hybridized carbons (Fsp3) is 0.750. The predicted molar refractivity (Wildman–Crippen MR) is 76.2 cm³/mol. The summed E-state index contributed by atoms with van der Waals surface area (Å²) in [7, 11) is 1.54. The summed E-state index contributed by atoms with van der Waals surface area (Å²) in [6, 6.07) is 0. The number of anilines is 1. The number of nitrogens with two attached hydrogens (primary N) is 1. The van der Waals surface area contributed by atoms with Crippen molar-refractivity contribution in [2.24, 2.45) is 5.73 Å². The zero-order valence-electron chi connectivity index (χ0n) is 11.5. The molecule has 1 heterocycles. The third kappa shape index (κ3) is 6.09. The van der Waals surface area contributed by atoms with Crippen LogP contribution in [0.5, 0.6) is 0 Å². The van der Waals surface area contributed by atoms with E-state index in [1.807, 2.05) is 0 Å². The average molecular weight is 286 g/mol. The molecule has 0 aliphatic heterocycles. The van der Waals surface area contributed by atoms with Crippen LogP contribution in [0.3, 0.4) is 0 Å². The number of aromatic nitrogens is 2. The van der Waals surface area contributed by atoms with Crippen LogP contribution in [-0.2, 0) is 16.0 Å². The summed E-state index contributed by atoms with van der Waals surface area (Å²) >= 11 is 1.43. The van der Waals surface area contributed by atoms with Gasteiger partial charge in [-0.05, 0) is 6.42 Å². The minimum Gasteiger partial charge on any atom is -0.380 e. The lowest BCUT2D eigenvalue weighted by Crippen LogP contribution is -2.28. The molecule has 0 saturated carbocycles. The molecule has 0 radical (unpaired) electrons. The van der Waals surface area contributed by atoms with Gasteiger partial charge < -0.3 is 15.8 Å². The Kier molecular flexibility index (Phi) is 7.54. The number of hydrogen-bond donors (Lipinski definition) is 2. The van der Waals surface area contributed by atoms with E-state index >= 15 is 0 Å². The summed E-state index contributed by atoms with van der Waals surface area (Å²) in [6.07, 6.45) is 4.38. The highest BCUT2D eigenvalue weighted by Gasteiger charge is 2.13. The van der Waals surface area contributed by atoms with E-state index in [0.717, 1.165) is 17.8 Å². The Labute approximate surface area is 117 Å². The largest absolute Gasteiger partial charge is 0.380 e. The third-order valence-electron chi connectivity index (χ3n) is 2.72. The van der Waals surface area contributed by atoms with Crippen LogP contribution in [0.4, 0.5) is 5.13 Å². The molecule has 0 aliphatic rings. The average Bonchev–Trinajstić information content (AvgIpc) is 2.83. The van der Waals surface area contributed by atoms with E-state index in [0.29, 0.717) is 11.7 Å². The number of ether oxygens (including phenoxy) is 1. The highest BCUT2D eigenvalue weighted by molar-refractivity contribution is 7.15. The van der Waals surface area contributed by atoms with Gasteiger partial charge in [0.1, 0.15) is 5.01 Å². The topological polar surface area (TPSA) is 90.1 Å². The van der Waals surface area contributed by atoms with Crippen molar-refractivity contribution in [1.82, 2.24) is 10.2 Å². The van der Waals surface area contributed by atoms with E-state index < -0.39 is 0 Å². The maximum atomic E-state index is 11.7. The van der Waals surface area contributed by atoms with E-state index in [-0.39, 0.29) is 18.4 Å². The van der Waals surface area contributed by atoms with Gasteiger partial charge in [0.25, 0.3) is 0 Å². The van der Waals surface area contributed by atoms with E-state index in [1.165, 1.54) is 24.2 Å². The summed E-state index contributed by atoms with van der Waals surface area (Å²) in [5.41, 5.74) is 5.47. The molecule has 0 bridgehead atoms. The van der Waals surface area contributed by atoms with E-state index in [4.69, 9.17) is 10.5 Å². The number of carbonyl (C=O) groups excluding carboxylic acids is 1. The van der Waals surface area contributed by atoms with Crippen LogP contribution in [-0.4, -0.2) is 35.9 Å². The minimum absolute atomic E-state index is 0.145. The number of nitrogens with one attached hydrogen (secondary N) is 1. The molecule has 1 aromatic rings. The third-order valence-corrected chi connectivity index (χ3v) is 3.62. The van der Waals surface area contributed by atoms with Gasteiger partial charge in [-0.15, -0.1) is 10.2 Å². The molecule has 1 atom stereocenters. The van der Waals surface area contributed by atoms with Crippen molar-refractivity contribution >= 4 is 22.4 Å². The first-order chi connectivity index (χ1) is 9.19. The molecule has 3 N–H and O–H groups in total. The van der Waals surface area contributed by atoms with Crippen LogP contribution < -0.4 is 11.1 Å². The molecule has 7 heteroatoms. The van der Waals surface area contributed by atoms with Crippen LogP contribution in [0.1, 0.15) is 37.6 Å². The summed E-state index contributed by atoms with van der Waals surface area (Å²) in [6.45, 7) is 2.48. The fourth-order valence-corrected chi connectivity index (χ4v) is 2.37. The van der Waals surface area contributed by atoms with Crippen LogP contribution in [0.25, 0.3) is 0 Å². The lowest BCUT2D eigenvalue weighted by molar-refractivity contribution is -0.118. The van der Waals surface area contributed by atoms with Crippen LogP contribution in [0, 0.1) is 0 Å². The normalized spacial score (nSPS) is 12.4. The molecular weight excluding hydrogens is 264 g/mol. The zero-order valence-corrected chi connectivity index (χ0v) is 12.3. The van der Waals surface area contributed by atoms with Gasteiger partial charge in [0.05, 0.1) is 12.5 Å². The quantitative estimate of drug-likeness (QED) is 0.673. The highest BCUT2D eigenvalue weighted by atomic mass is 32.1. The molecular formula is C12H22N4O2S. The molecule has 108 valence electrons. The van der Waals surface area contributed by atoms with Crippen LogP contribution in [0.2, 0.25) is 0 Å². The van der Waals surface area contributed by atoms with E-state index in [9.17, 15) is 4.79 Å². The minimum atomic E-state index is -0.253. The van der Waals surface area contributed by atoms with E-state index in [1.54, 1.807) is 7.11 Å². The maximum Gasteiger partial charge on any atom is 0.228 e. The second-order valence-corrected chi connectivity index (χ2v) is 5.37. The lowest BCUT2D eigenvalue weighted by Gasteiger charge is -2.11. The molecule has 19 heavy (non-hydrogen) atoms. The standard InChI is InChI=1S/C12H22N4O2S/c1-3-4-5-6-11-15-16-12(19-11)14-10(17)7-9(8-13)18-2/h9H,3-8,13H2,1-2H3,(H,14,16,17). The molecule has 0 saturated heterocycles. The van der Waals surface area contributed by atoms with Gasteiger partial charge in [-0.25, -0.2) is 0 Å².